The van der Waals surface area contributed by atoms with E-state index >= 15 is 0 Å². The van der Waals surface area contributed by atoms with Gasteiger partial charge in [0.25, 0.3) is 5.91 Å². The number of benzene rings is 1. The lowest BCUT2D eigenvalue weighted by molar-refractivity contribution is -0.188. The van der Waals surface area contributed by atoms with Crippen LogP contribution in [0.2, 0.25) is 0 Å². The molecule has 2 N–H and O–H groups in total. The molecule has 1 saturated heterocycles. The predicted octanol–water partition coefficient (Wildman–Crippen LogP) is 2.75. The smallest absolute Gasteiger partial charge is 0.393 e. The Morgan fingerprint density at radius 1 is 1.39 bits per heavy atom. The van der Waals surface area contributed by atoms with Gasteiger partial charge in [0.1, 0.15) is 5.75 Å². The number of carbonyl (C=O) groups is 1. The molecule has 0 radical (unpaired) electrons. The Balaban J connectivity index is 0.00000264. The summed E-state index contributed by atoms with van der Waals surface area (Å²) in [6.07, 6.45) is -3.82. The van der Waals surface area contributed by atoms with Gasteiger partial charge in [0.15, 0.2) is 6.61 Å². The monoisotopic (exact) mass is 352 g/mol. The molecule has 4 nitrogen and oxygen atoms in total. The molecule has 0 aliphatic carbocycles. The lowest BCUT2D eigenvalue weighted by Gasteiger charge is -2.33. The minimum Gasteiger partial charge on any atom is -0.484 e. The van der Waals surface area contributed by atoms with Crippen LogP contribution in [0.15, 0.2) is 24.3 Å². The van der Waals surface area contributed by atoms with E-state index in [1.54, 1.807) is 18.2 Å². The van der Waals surface area contributed by atoms with Crippen LogP contribution in [-0.4, -0.2) is 36.7 Å². The molecule has 1 aromatic rings. The Morgan fingerprint density at radius 3 is 2.78 bits per heavy atom. The van der Waals surface area contributed by atoms with E-state index in [4.69, 9.17) is 10.5 Å². The van der Waals surface area contributed by atoms with E-state index in [9.17, 15) is 18.0 Å². The summed E-state index contributed by atoms with van der Waals surface area (Å²) in [4.78, 5) is 13.2. The third kappa shape index (κ3) is 5.58. The van der Waals surface area contributed by atoms with Gasteiger partial charge in [0.05, 0.1) is 5.92 Å². The van der Waals surface area contributed by atoms with Gasteiger partial charge in [0, 0.05) is 19.6 Å². The van der Waals surface area contributed by atoms with Crippen molar-refractivity contribution < 1.29 is 22.7 Å². The number of likely N-dealkylation sites (tertiary alicyclic amines) is 1. The molecule has 1 fully saturated rings. The van der Waals surface area contributed by atoms with Crippen molar-refractivity contribution >= 4 is 18.3 Å². The molecule has 0 bridgehead atoms. The Bertz CT molecular complexity index is 526. The summed E-state index contributed by atoms with van der Waals surface area (Å²) in [7, 11) is 0. The SMILES string of the molecule is Cl.NCc1cccc(OCC(=O)N2CCCC(C(F)(F)F)C2)c1. The van der Waals surface area contributed by atoms with E-state index in [1.165, 1.54) is 4.90 Å². The predicted molar refractivity (Wildman–Crippen MR) is 82.4 cm³/mol. The highest BCUT2D eigenvalue weighted by Gasteiger charge is 2.42. The summed E-state index contributed by atoms with van der Waals surface area (Å²) in [5, 5.41) is 0. The molecule has 0 aromatic heterocycles. The third-order valence-corrected chi connectivity index (χ3v) is 3.73. The number of nitrogens with zero attached hydrogens (tertiary/aromatic N) is 1. The number of ether oxygens (including phenoxy) is 1. The molecule has 0 saturated carbocycles. The summed E-state index contributed by atoms with van der Waals surface area (Å²) in [5.74, 6) is -1.38. The highest BCUT2D eigenvalue weighted by molar-refractivity contribution is 5.85. The van der Waals surface area contributed by atoms with Crippen LogP contribution in [0.1, 0.15) is 18.4 Å². The van der Waals surface area contributed by atoms with Crippen molar-refractivity contribution in [2.24, 2.45) is 11.7 Å². The number of amides is 1. The normalized spacial score (nSPS) is 18.3. The lowest BCUT2D eigenvalue weighted by Crippen LogP contribution is -2.46. The van der Waals surface area contributed by atoms with Crippen LogP contribution in [0.4, 0.5) is 13.2 Å². The number of rotatable bonds is 4. The first-order valence-corrected chi connectivity index (χ1v) is 7.16. The van der Waals surface area contributed by atoms with E-state index in [1.807, 2.05) is 6.07 Å². The average Bonchev–Trinajstić information content (AvgIpc) is 2.52. The van der Waals surface area contributed by atoms with Crippen LogP contribution in [0.3, 0.4) is 0 Å². The van der Waals surface area contributed by atoms with Gasteiger partial charge in [-0.15, -0.1) is 12.4 Å². The molecule has 1 aliphatic rings. The second-order valence-corrected chi connectivity index (χ2v) is 5.36. The minimum absolute atomic E-state index is 0. The van der Waals surface area contributed by atoms with Gasteiger partial charge in [-0.2, -0.15) is 13.2 Å². The standard InChI is InChI=1S/C15H19F3N2O2.ClH/c16-15(17,18)12-4-2-6-20(9-12)14(21)10-22-13-5-1-3-11(7-13)8-19;/h1,3,5,7,12H,2,4,6,8-10,19H2;1H. The second-order valence-electron chi connectivity index (χ2n) is 5.36. The topological polar surface area (TPSA) is 55.6 Å². The molecule has 1 heterocycles. The minimum atomic E-state index is -4.25. The van der Waals surface area contributed by atoms with Crippen LogP contribution >= 0.6 is 12.4 Å². The molecule has 23 heavy (non-hydrogen) atoms. The first-order chi connectivity index (χ1) is 10.4. The van der Waals surface area contributed by atoms with Crippen LogP contribution < -0.4 is 10.5 Å². The molecule has 130 valence electrons. The zero-order chi connectivity index (χ0) is 16.2. The molecule has 1 aromatic carbocycles. The number of hydrogen-bond acceptors (Lipinski definition) is 3. The van der Waals surface area contributed by atoms with Gasteiger partial charge >= 0.3 is 6.18 Å². The Labute approximate surface area is 139 Å². The first kappa shape index (κ1) is 19.6. The number of alkyl halides is 3. The first-order valence-electron chi connectivity index (χ1n) is 7.16. The molecular weight excluding hydrogens is 333 g/mol. The largest absolute Gasteiger partial charge is 0.484 e. The fourth-order valence-electron chi connectivity index (χ4n) is 2.47. The molecule has 2 rings (SSSR count). The number of halogens is 4. The van der Waals surface area contributed by atoms with Crippen molar-refractivity contribution in [3.8, 4) is 5.75 Å². The quantitative estimate of drug-likeness (QED) is 0.906. The molecular formula is C15H20ClF3N2O2. The fraction of sp³-hybridized carbons (Fsp3) is 0.533. The summed E-state index contributed by atoms with van der Waals surface area (Å²) >= 11 is 0. The Hall–Kier alpha value is -1.47. The maximum absolute atomic E-state index is 12.7. The van der Waals surface area contributed by atoms with Gasteiger partial charge in [-0.25, -0.2) is 0 Å². The summed E-state index contributed by atoms with van der Waals surface area (Å²) in [6.45, 7) is 0.148. The van der Waals surface area contributed by atoms with Gasteiger partial charge in [-0.3, -0.25) is 4.79 Å². The number of hydrogen-bond donors (Lipinski definition) is 1. The Kier molecular flexibility index (Phi) is 7.15. The van der Waals surface area contributed by atoms with Gasteiger partial charge in [-0.05, 0) is 30.5 Å². The van der Waals surface area contributed by atoms with Crippen LogP contribution in [-0.2, 0) is 11.3 Å². The Morgan fingerprint density at radius 2 is 2.13 bits per heavy atom. The fourth-order valence-corrected chi connectivity index (χ4v) is 2.47. The molecule has 8 heteroatoms. The van der Waals surface area contributed by atoms with E-state index in [0.29, 0.717) is 25.3 Å². The van der Waals surface area contributed by atoms with Crippen LogP contribution in [0, 0.1) is 5.92 Å². The van der Waals surface area contributed by atoms with Crippen molar-refractivity contribution in [1.29, 1.82) is 0 Å². The van der Waals surface area contributed by atoms with Crippen molar-refractivity contribution in [3.63, 3.8) is 0 Å². The summed E-state index contributed by atoms with van der Waals surface area (Å²) in [5.41, 5.74) is 6.37. The van der Waals surface area contributed by atoms with Crippen molar-refractivity contribution in [1.82, 2.24) is 4.90 Å². The van der Waals surface area contributed by atoms with Crippen molar-refractivity contribution in [2.75, 3.05) is 19.7 Å². The zero-order valence-electron chi connectivity index (χ0n) is 12.5. The molecule has 1 atom stereocenters. The van der Waals surface area contributed by atoms with Crippen molar-refractivity contribution in [3.05, 3.63) is 29.8 Å². The highest BCUT2D eigenvalue weighted by Crippen LogP contribution is 2.33. The lowest BCUT2D eigenvalue weighted by atomic mass is 9.97. The van der Waals surface area contributed by atoms with Gasteiger partial charge < -0.3 is 15.4 Å². The average molecular weight is 353 g/mol. The van der Waals surface area contributed by atoms with E-state index < -0.39 is 18.0 Å². The van der Waals surface area contributed by atoms with Crippen LogP contribution in [0.5, 0.6) is 5.75 Å². The molecule has 0 spiro atoms. The van der Waals surface area contributed by atoms with Gasteiger partial charge in [-0.1, -0.05) is 12.1 Å². The number of carbonyl (C=O) groups excluding carboxylic acids is 1. The summed E-state index contributed by atoms with van der Waals surface area (Å²) < 4.78 is 43.5. The molecule has 1 aliphatic heterocycles. The van der Waals surface area contributed by atoms with E-state index in [-0.39, 0.29) is 32.0 Å². The molecule has 1 unspecified atom stereocenters. The van der Waals surface area contributed by atoms with E-state index in [0.717, 1.165) is 5.56 Å². The van der Waals surface area contributed by atoms with Crippen molar-refractivity contribution in [2.45, 2.75) is 25.6 Å². The highest BCUT2D eigenvalue weighted by atomic mass is 35.5. The number of piperidine rings is 1. The number of nitrogens with two attached hydrogens (primary N) is 1. The van der Waals surface area contributed by atoms with E-state index in [2.05, 4.69) is 0 Å². The summed E-state index contributed by atoms with van der Waals surface area (Å²) in [6, 6.07) is 6.97. The third-order valence-electron chi connectivity index (χ3n) is 3.73. The van der Waals surface area contributed by atoms with Gasteiger partial charge in [0.2, 0.25) is 0 Å². The van der Waals surface area contributed by atoms with Crippen LogP contribution in [0.25, 0.3) is 0 Å². The molecule has 1 amide bonds. The maximum Gasteiger partial charge on any atom is 0.393 e. The zero-order valence-corrected chi connectivity index (χ0v) is 13.3. The second kappa shape index (κ2) is 8.40. The maximum atomic E-state index is 12.7.